The van der Waals surface area contributed by atoms with Gasteiger partial charge in [-0.3, -0.25) is 9.59 Å². The van der Waals surface area contributed by atoms with Gasteiger partial charge >= 0.3 is 0 Å². The topological polar surface area (TPSA) is 67.7 Å². The zero-order valence-corrected chi connectivity index (χ0v) is 16.8. The Hall–Kier alpha value is -1.89. The van der Waals surface area contributed by atoms with E-state index in [1.54, 1.807) is 13.3 Å². The fourth-order valence-corrected chi connectivity index (χ4v) is 4.50. The molecule has 1 spiro atoms. The Labute approximate surface area is 161 Å². The smallest absolute Gasteiger partial charge is 0.245 e. The first-order valence-corrected chi connectivity index (χ1v) is 10.0. The molecule has 7 nitrogen and oxygen atoms in total. The lowest BCUT2D eigenvalue weighted by atomic mass is 9.72. The Kier molecular flexibility index (Phi) is 6.19. The van der Waals surface area contributed by atoms with E-state index >= 15 is 0 Å². The molecule has 1 unspecified atom stereocenters. The van der Waals surface area contributed by atoms with Crippen LogP contribution in [0.25, 0.3) is 0 Å². The number of methoxy groups -OCH3 is 1. The number of hydrogen-bond acceptors (Lipinski definition) is 4. The molecule has 150 valence electrons. The third-order valence-corrected chi connectivity index (χ3v) is 6.30. The highest BCUT2D eigenvalue weighted by Gasteiger charge is 2.42. The molecule has 0 aromatic carbocycles. The monoisotopic (exact) mass is 376 g/mol. The summed E-state index contributed by atoms with van der Waals surface area (Å²) in [7, 11) is 1.69. The zero-order valence-electron chi connectivity index (χ0n) is 16.8. The van der Waals surface area contributed by atoms with Crippen LogP contribution < -0.4 is 0 Å². The molecule has 2 aliphatic heterocycles. The van der Waals surface area contributed by atoms with Gasteiger partial charge in [-0.1, -0.05) is 0 Å². The van der Waals surface area contributed by atoms with Gasteiger partial charge in [-0.25, -0.2) is 4.98 Å². The minimum atomic E-state index is -0.222. The third-order valence-electron chi connectivity index (χ3n) is 6.30. The Morgan fingerprint density at radius 1 is 1.33 bits per heavy atom. The Morgan fingerprint density at radius 2 is 2.07 bits per heavy atom. The lowest BCUT2D eigenvalue weighted by Crippen LogP contribution is -2.53. The van der Waals surface area contributed by atoms with Crippen LogP contribution in [0.2, 0.25) is 0 Å². The van der Waals surface area contributed by atoms with E-state index in [1.807, 2.05) is 34.4 Å². The second-order valence-corrected chi connectivity index (χ2v) is 8.04. The van der Waals surface area contributed by atoms with E-state index in [0.717, 1.165) is 57.7 Å². The van der Waals surface area contributed by atoms with Crippen molar-refractivity contribution in [2.24, 2.45) is 5.41 Å². The van der Waals surface area contributed by atoms with Gasteiger partial charge < -0.3 is 19.1 Å². The Morgan fingerprint density at radius 3 is 2.70 bits per heavy atom. The van der Waals surface area contributed by atoms with Crippen LogP contribution in [0.1, 0.15) is 50.9 Å². The summed E-state index contributed by atoms with van der Waals surface area (Å²) in [5.74, 6) is 1.29. The summed E-state index contributed by atoms with van der Waals surface area (Å²) in [5, 5.41) is 0. The number of carbonyl (C=O) groups excluding carboxylic acids is 2. The van der Waals surface area contributed by atoms with Crippen molar-refractivity contribution in [3.05, 3.63) is 18.2 Å². The van der Waals surface area contributed by atoms with E-state index in [2.05, 4.69) is 4.98 Å². The summed E-state index contributed by atoms with van der Waals surface area (Å²) in [6.07, 6.45) is 8.02. The minimum Gasteiger partial charge on any atom is -0.385 e. The molecule has 1 aromatic rings. The van der Waals surface area contributed by atoms with Gasteiger partial charge in [0.05, 0.1) is 0 Å². The Bertz CT molecular complexity index is 664. The number of likely N-dealkylation sites (tertiary alicyclic amines) is 2. The highest BCUT2D eigenvalue weighted by atomic mass is 16.5. The fourth-order valence-electron chi connectivity index (χ4n) is 4.50. The van der Waals surface area contributed by atoms with E-state index in [9.17, 15) is 9.59 Å². The summed E-state index contributed by atoms with van der Waals surface area (Å²) >= 11 is 0. The van der Waals surface area contributed by atoms with Crippen LogP contribution >= 0.6 is 0 Å². The second kappa shape index (κ2) is 8.42. The molecule has 1 atom stereocenters. The summed E-state index contributed by atoms with van der Waals surface area (Å²) < 4.78 is 7.05. The van der Waals surface area contributed by atoms with Gasteiger partial charge in [-0.2, -0.15) is 0 Å². The summed E-state index contributed by atoms with van der Waals surface area (Å²) in [4.78, 5) is 33.4. The predicted molar refractivity (Wildman–Crippen MR) is 102 cm³/mol. The van der Waals surface area contributed by atoms with Crippen LogP contribution in [-0.2, 0) is 14.3 Å². The summed E-state index contributed by atoms with van der Waals surface area (Å²) in [6, 6.07) is -0.222. The van der Waals surface area contributed by atoms with Crippen LogP contribution in [0, 0.1) is 12.3 Å². The van der Waals surface area contributed by atoms with Gasteiger partial charge in [0.2, 0.25) is 11.8 Å². The zero-order chi connectivity index (χ0) is 19.4. The molecule has 0 saturated carbocycles. The quantitative estimate of drug-likeness (QED) is 0.713. The van der Waals surface area contributed by atoms with Gasteiger partial charge in [0.25, 0.3) is 0 Å². The molecule has 7 heteroatoms. The van der Waals surface area contributed by atoms with Gasteiger partial charge in [0, 0.05) is 58.7 Å². The van der Waals surface area contributed by atoms with Crippen molar-refractivity contribution in [3.8, 4) is 0 Å². The van der Waals surface area contributed by atoms with Crippen molar-refractivity contribution < 1.29 is 14.3 Å². The van der Waals surface area contributed by atoms with Crippen molar-refractivity contribution in [1.29, 1.82) is 0 Å². The number of carbonyl (C=O) groups is 2. The van der Waals surface area contributed by atoms with Gasteiger partial charge in [0.1, 0.15) is 11.9 Å². The maximum atomic E-state index is 12.9. The number of hydrogen-bond donors (Lipinski definition) is 0. The highest BCUT2D eigenvalue weighted by molar-refractivity contribution is 5.80. The first-order chi connectivity index (χ1) is 13.0. The van der Waals surface area contributed by atoms with Crippen LogP contribution in [0.4, 0.5) is 0 Å². The molecule has 2 fully saturated rings. The molecule has 3 rings (SSSR count). The molecule has 2 amide bonds. The molecule has 0 N–H and O–H groups in total. The van der Waals surface area contributed by atoms with Gasteiger partial charge in [-0.15, -0.1) is 0 Å². The number of nitrogens with zero attached hydrogens (tertiary/aromatic N) is 4. The minimum absolute atomic E-state index is 0.162. The van der Waals surface area contributed by atoms with E-state index < -0.39 is 0 Å². The largest absolute Gasteiger partial charge is 0.385 e. The lowest BCUT2D eigenvalue weighted by Gasteiger charge is -2.47. The van der Waals surface area contributed by atoms with E-state index in [-0.39, 0.29) is 23.3 Å². The standard InChI is InChI=1S/C20H32N4O3/c1-16(24-13-9-21-17(24)2)19(26)22-11-7-20(8-12-22)6-5-18(25)23(15-20)10-4-14-27-3/h9,13,16H,4-8,10-12,14-15H2,1-3H3. The third kappa shape index (κ3) is 4.34. The Balaban J connectivity index is 1.56. The number of aromatic nitrogens is 2. The van der Waals surface area contributed by atoms with E-state index in [1.165, 1.54) is 0 Å². The molecule has 3 heterocycles. The molecule has 27 heavy (non-hydrogen) atoms. The molecule has 0 aliphatic carbocycles. The highest BCUT2D eigenvalue weighted by Crippen LogP contribution is 2.40. The number of piperidine rings is 2. The van der Waals surface area contributed by atoms with Crippen molar-refractivity contribution in [2.45, 2.75) is 52.0 Å². The molecular weight excluding hydrogens is 344 g/mol. The van der Waals surface area contributed by atoms with Gasteiger partial charge in [-0.05, 0) is 44.9 Å². The number of imidazole rings is 1. The van der Waals surface area contributed by atoms with E-state index in [0.29, 0.717) is 13.0 Å². The number of ether oxygens (including phenoxy) is 1. The lowest BCUT2D eigenvalue weighted by molar-refractivity contribution is -0.143. The van der Waals surface area contributed by atoms with Crippen LogP contribution in [-0.4, -0.2) is 71.1 Å². The van der Waals surface area contributed by atoms with Crippen LogP contribution in [0.15, 0.2) is 12.4 Å². The van der Waals surface area contributed by atoms with Crippen molar-refractivity contribution in [1.82, 2.24) is 19.4 Å². The molecule has 0 radical (unpaired) electrons. The van der Waals surface area contributed by atoms with Crippen molar-refractivity contribution in [3.63, 3.8) is 0 Å². The average Bonchev–Trinajstić information content (AvgIpc) is 3.10. The SMILES string of the molecule is COCCCN1CC2(CCC1=O)CCN(C(=O)C(C)n1ccnc1C)CC2. The normalized spacial score (nSPS) is 20.9. The van der Waals surface area contributed by atoms with Crippen molar-refractivity contribution in [2.75, 3.05) is 39.9 Å². The van der Waals surface area contributed by atoms with Gasteiger partial charge in [0.15, 0.2) is 0 Å². The predicted octanol–water partition coefficient (Wildman–Crippen LogP) is 2.02. The molecular formula is C20H32N4O3. The van der Waals surface area contributed by atoms with Crippen molar-refractivity contribution >= 4 is 11.8 Å². The number of amides is 2. The average molecular weight is 377 g/mol. The summed E-state index contributed by atoms with van der Waals surface area (Å²) in [6.45, 7) is 7.70. The van der Waals surface area contributed by atoms with E-state index in [4.69, 9.17) is 4.74 Å². The second-order valence-electron chi connectivity index (χ2n) is 8.04. The maximum Gasteiger partial charge on any atom is 0.245 e. The first kappa shape index (κ1) is 19.9. The fraction of sp³-hybridized carbons (Fsp3) is 0.750. The number of rotatable bonds is 6. The summed E-state index contributed by atoms with van der Waals surface area (Å²) in [5.41, 5.74) is 0.173. The molecule has 1 aromatic heterocycles. The number of aryl methyl sites for hydroxylation is 1. The van der Waals surface area contributed by atoms with Crippen LogP contribution in [0.5, 0.6) is 0 Å². The van der Waals surface area contributed by atoms with Crippen LogP contribution in [0.3, 0.4) is 0 Å². The molecule has 2 saturated heterocycles. The first-order valence-electron chi connectivity index (χ1n) is 10.0. The molecule has 0 bridgehead atoms. The molecule has 2 aliphatic rings. The maximum absolute atomic E-state index is 12.9.